The van der Waals surface area contributed by atoms with E-state index >= 15 is 0 Å². The molecule has 0 fully saturated rings. The van der Waals surface area contributed by atoms with Gasteiger partial charge in [-0.15, -0.1) is 0 Å². The zero-order chi connectivity index (χ0) is 10.9. The smallest absolute Gasteiger partial charge is 0.286 e. The van der Waals surface area contributed by atoms with Crippen molar-refractivity contribution in [3.63, 3.8) is 0 Å². The largest absolute Gasteiger partial charge is 0.459 e. The molecule has 0 aliphatic heterocycles. The maximum Gasteiger partial charge on any atom is 0.286 e. The molecular formula is C11H16INO2. The van der Waals surface area contributed by atoms with Crippen molar-refractivity contribution >= 4 is 28.5 Å². The van der Waals surface area contributed by atoms with Gasteiger partial charge in [0.15, 0.2) is 5.76 Å². The summed E-state index contributed by atoms with van der Waals surface area (Å²) in [5, 5.41) is 2.83. The highest BCUT2D eigenvalue weighted by molar-refractivity contribution is 14.1. The van der Waals surface area contributed by atoms with Crippen molar-refractivity contribution < 1.29 is 9.21 Å². The Labute approximate surface area is 104 Å². The number of rotatable bonds is 7. The number of furan rings is 1. The maximum atomic E-state index is 11.4. The zero-order valence-electron chi connectivity index (χ0n) is 8.67. The third-order valence-corrected chi connectivity index (χ3v) is 2.85. The standard InChI is InChI=1S/C11H16INO2/c12-7-3-1-2-4-8-13-11(14)10-6-5-9-15-10/h5-6,9H,1-4,7-8H2,(H,13,14). The summed E-state index contributed by atoms with van der Waals surface area (Å²) in [5.41, 5.74) is 0. The van der Waals surface area contributed by atoms with E-state index in [4.69, 9.17) is 4.42 Å². The van der Waals surface area contributed by atoms with Crippen LogP contribution in [0.1, 0.15) is 36.2 Å². The van der Waals surface area contributed by atoms with Crippen LogP contribution in [0.2, 0.25) is 0 Å². The average Bonchev–Trinajstić information content (AvgIpc) is 2.76. The summed E-state index contributed by atoms with van der Waals surface area (Å²) >= 11 is 2.38. The van der Waals surface area contributed by atoms with Crippen molar-refractivity contribution in [2.45, 2.75) is 25.7 Å². The zero-order valence-corrected chi connectivity index (χ0v) is 10.8. The van der Waals surface area contributed by atoms with Crippen LogP contribution in [0.15, 0.2) is 22.8 Å². The average molecular weight is 321 g/mol. The van der Waals surface area contributed by atoms with E-state index in [0.717, 1.165) is 13.0 Å². The Morgan fingerprint density at radius 3 is 2.80 bits per heavy atom. The lowest BCUT2D eigenvalue weighted by atomic mass is 10.2. The summed E-state index contributed by atoms with van der Waals surface area (Å²) in [5.74, 6) is 0.274. The quantitative estimate of drug-likeness (QED) is 0.476. The Kier molecular flexibility index (Phi) is 6.47. The van der Waals surface area contributed by atoms with Crippen LogP contribution in [0.5, 0.6) is 0 Å². The number of halogens is 1. The van der Waals surface area contributed by atoms with E-state index in [2.05, 4.69) is 27.9 Å². The summed E-state index contributed by atoms with van der Waals surface area (Å²) in [6, 6.07) is 3.39. The van der Waals surface area contributed by atoms with E-state index in [0.29, 0.717) is 5.76 Å². The molecule has 0 atom stereocenters. The van der Waals surface area contributed by atoms with Crippen LogP contribution in [0, 0.1) is 0 Å². The van der Waals surface area contributed by atoms with E-state index in [1.165, 1.54) is 30.0 Å². The number of carbonyl (C=O) groups excluding carboxylic acids is 1. The second-order valence-corrected chi connectivity index (χ2v) is 4.42. The van der Waals surface area contributed by atoms with Crippen LogP contribution in [0.25, 0.3) is 0 Å². The Bertz CT molecular complexity index is 272. The van der Waals surface area contributed by atoms with Crippen molar-refractivity contribution in [2.24, 2.45) is 0 Å². The van der Waals surface area contributed by atoms with E-state index in [-0.39, 0.29) is 5.91 Å². The molecule has 3 nitrogen and oxygen atoms in total. The first-order valence-corrected chi connectivity index (χ1v) is 6.75. The molecule has 84 valence electrons. The monoisotopic (exact) mass is 321 g/mol. The van der Waals surface area contributed by atoms with Gasteiger partial charge in [0.05, 0.1) is 6.26 Å². The van der Waals surface area contributed by atoms with Gasteiger partial charge in [0.2, 0.25) is 0 Å². The molecule has 0 aromatic carbocycles. The molecule has 0 saturated heterocycles. The molecule has 0 unspecified atom stereocenters. The molecule has 1 heterocycles. The van der Waals surface area contributed by atoms with Gasteiger partial charge in [-0.1, -0.05) is 35.4 Å². The van der Waals surface area contributed by atoms with Crippen LogP contribution in [-0.4, -0.2) is 16.9 Å². The Hall–Kier alpha value is -0.520. The molecule has 0 saturated carbocycles. The minimum Gasteiger partial charge on any atom is -0.459 e. The van der Waals surface area contributed by atoms with Gasteiger partial charge in [0.1, 0.15) is 0 Å². The fourth-order valence-electron chi connectivity index (χ4n) is 1.27. The molecule has 0 bridgehead atoms. The molecule has 4 heteroatoms. The van der Waals surface area contributed by atoms with Gasteiger partial charge >= 0.3 is 0 Å². The van der Waals surface area contributed by atoms with Crippen molar-refractivity contribution in [2.75, 3.05) is 11.0 Å². The fourth-order valence-corrected chi connectivity index (χ4v) is 1.81. The van der Waals surface area contributed by atoms with Gasteiger partial charge < -0.3 is 9.73 Å². The predicted octanol–water partition coefficient (Wildman–Crippen LogP) is 3.00. The van der Waals surface area contributed by atoms with E-state index < -0.39 is 0 Å². The van der Waals surface area contributed by atoms with E-state index in [1.54, 1.807) is 12.1 Å². The minimum absolute atomic E-state index is 0.117. The lowest BCUT2D eigenvalue weighted by Crippen LogP contribution is -2.23. The summed E-state index contributed by atoms with van der Waals surface area (Å²) in [6.45, 7) is 0.737. The third-order valence-electron chi connectivity index (χ3n) is 2.09. The number of unbranched alkanes of at least 4 members (excludes halogenated alkanes) is 3. The number of amides is 1. The summed E-state index contributed by atoms with van der Waals surface area (Å²) < 4.78 is 6.20. The van der Waals surface area contributed by atoms with Gasteiger partial charge in [-0.3, -0.25) is 4.79 Å². The third kappa shape index (κ3) is 5.20. The van der Waals surface area contributed by atoms with E-state index in [9.17, 15) is 4.79 Å². The fraction of sp³-hybridized carbons (Fsp3) is 0.545. The van der Waals surface area contributed by atoms with Crippen molar-refractivity contribution in [1.82, 2.24) is 5.32 Å². The molecule has 0 aliphatic rings. The highest BCUT2D eigenvalue weighted by Crippen LogP contribution is 2.02. The molecule has 1 rings (SSSR count). The van der Waals surface area contributed by atoms with Gasteiger partial charge in [0.25, 0.3) is 5.91 Å². The summed E-state index contributed by atoms with van der Waals surface area (Å²) in [4.78, 5) is 11.4. The number of hydrogen-bond acceptors (Lipinski definition) is 2. The van der Waals surface area contributed by atoms with Crippen molar-refractivity contribution in [3.05, 3.63) is 24.2 Å². The Morgan fingerprint density at radius 2 is 2.13 bits per heavy atom. The highest BCUT2D eigenvalue weighted by atomic mass is 127. The first kappa shape index (κ1) is 12.5. The van der Waals surface area contributed by atoms with Crippen LogP contribution < -0.4 is 5.32 Å². The normalized spacial score (nSPS) is 10.2. The molecule has 15 heavy (non-hydrogen) atoms. The SMILES string of the molecule is O=C(NCCCCCCI)c1ccco1. The molecule has 1 aromatic rings. The van der Waals surface area contributed by atoms with Crippen LogP contribution in [-0.2, 0) is 0 Å². The minimum atomic E-state index is -0.117. The molecule has 0 radical (unpaired) electrons. The second kappa shape index (κ2) is 7.73. The van der Waals surface area contributed by atoms with Crippen LogP contribution >= 0.6 is 22.6 Å². The van der Waals surface area contributed by atoms with Gasteiger partial charge in [-0.2, -0.15) is 0 Å². The van der Waals surface area contributed by atoms with Crippen LogP contribution in [0.4, 0.5) is 0 Å². The summed E-state index contributed by atoms with van der Waals surface area (Å²) in [7, 11) is 0. The number of carbonyl (C=O) groups is 1. The van der Waals surface area contributed by atoms with Gasteiger partial charge in [-0.05, 0) is 29.4 Å². The molecule has 1 N–H and O–H groups in total. The van der Waals surface area contributed by atoms with Gasteiger partial charge in [-0.25, -0.2) is 0 Å². The van der Waals surface area contributed by atoms with Crippen molar-refractivity contribution in [3.8, 4) is 0 Å². The molecule has 0 aliphatic carbocycles. The number of nitrogens with one attached hydrogen (secondary N) is 1. The molecule has 1 aromatic heterocycles. The van der Waals surface area contributed by atoms with Crippen LogP contribution in [0.3, 0.4) is 0 Å². The summed E-state index contributed by atoms with van der Waals surface area (Å²) in [6.07, 6.45) is 6.26. The van der Waals surface area contributed by atoms with E-state index in [1.807, 2.05) is 0 Å². The maximum absolute atomic E-state index is 11.4. The molecule has 0 spiro atoms. The first-order chi connectivity index (χ1) is 7.34. The van der Waals surface area contributed by atoms with Gasteiger partial charge in [0, 0.05) is 6.54 Å². The lowest BCUT2D eigenvalue weighted by Gasteiger charge is -2.02. The lowest BCUT2D eigenvalue weighted by molar-refractivity contribution is 0.0925. The number of hydrogen-bond donors (Lipinski definition) is 1. The highest BCUT2D eigenvalue weighted by Gasteiger charge is 2.05. The predicted molar refractivity (Wildman–Crippen MR) is 68.4 cm³/mol. The Balaban J connectivity index is 2.03. The van der Waals surface area contributed by atoms with Crippen molar-refractivity contribution in [1.29, 1.82) is 0 Å². The molecular weight excluding hydrogens is 305 g/mol. The number of alkyl halides is 1. The Morgan fingerprint density at radius 1 is 1.33 bits per heavy atom. The second-order valence-electron chi connectivity index (χ2n) is 3.34. The molecule has 1 amide bonds. The topological polar surface area (TPSA) is 42.2 Å². The first-order valence-electron chi connectivity index (χ1n) is 5.22.